The number of amides is 3. The number of fused-ring (bicyclic) bond motifs is 3. The first-order valence-electron chi connectivity index (χ1n) is 11.8. The predicted octanol–water partition coefficient (Wildman–Crippen LogP) is 2.52. The van der Waals surface area contributed by atoms with Gasteiger partial charge in [-0.3, -0.25) is 14.4 Å². The zero-order chi connectivity index (χ0) is 22.6. The molecule has 33 heavy (non-hydrogen) atoms. The maximum absolute atomic E-state index is 13.5. The van der Waals surface area contributed by atoms with Crippen LogP contribution in [-0.2, 0) is 4.79 Å². The first-order chi connectivity index (χ1) is 16.0. The Labute approximate surface area is 191 Å². The Morgan fingerprint density at radius 3 is 2.52 bits per heavy atom. The van der Waals surface area contributed by atoms with E-state index < -0.39 is 5.72 Å². The molecule has 4 atom stereocenters. The smallest absolute Gasteiger partial charge is 0.289 e. The number of carbonyl (C=O) groups excluding carboxylic acids is 3. The number of hydrogen-bond acceptors (Lipinski definition) is 5. The van der Waals surface area contributed by atoms with Gasteiger partial charge in [0.2, 0.25) is 5.91 Å². The monoisotopic (exact) mass is 449 g/mol. The number of furan rings is 1. The summed E-state index contributed by atoms with van der Waals surface area (Å²) < 4.78 is 11.6. The highest BCUT2D eigenvalue weighted by Crippen LogP contribution is 2.52. The number of carbonyl (C=O) groups is 3. The van der Waals surface area contributed by atoms with Gasteiger partial charge in [0.15, 0.2) is 11.5 Å². The summed E-state index contributed by atoms with van der Waals surface area (Å²) >= 11 is 0. The third-order valence-corrected chi connectivity index (χ3v) is 7.89. The van der Waals surface area contributed by atoms with E-state index in [2.05, 4.69) is 5.32 Å². The highest BCUT2D eigenvalue weighted by Gasteiger charge is 2.57. The van der Waals surface area contributed by atoms with Crippen molar-refractivity contribution in [1.29, 1.82) is 0 Å². The van der Waals surface area contributed by atoms with E-state index in [1.165, 1.54) is 6.26 Å². The zero-order valence-corrected chi connectivity index (χ0v) is 18.4. The molecule has 1 saturated heterocycles. The van der Waals surface area contributed by atoms with Gasteiger partial charge in [0.1, 0.15) is 5.75 Å². The first-order valence-corrected chi connectivity index (χ1v) is 11.8. The van der Waals surface area contributed by atoms with Crippen molar-refractivity contribution >= 4 is 17.7 Å². The van der Waals surface area contributed by atoms with Crippen LogP contribution in [0.4, 0.5) is 0 Å². The number of para-hydroxylation sites is 1. The summed E-state index contributed by atoms with van der Waals surface area (Å²) in [5, 5.41) is 3.15. The van der Waals surface area contributed by atoms with Crippen molar-refractivity contribution in [3.8, 4) is 5.75 Å². The molecule has 7 rings (SSSR count). The highest BCUT2D eigenvalue weighted by molar-refractivity contribution is 5.98. The molecule has 3 saturated carbocycles. The van der Waals surface area contributed by atoms with Gasteiger partial charge in [-0.15, -0.1) is 0 Å². The molecule has 2 aromatic rings. The Kier molecular flexibility index (Phi) is 4.71. The molecule has 1 aromatic carbocycles. The van der Waals surface area contributed by atoms with Crippen LogP contribution in [0.25, 0.3) is 0 Å². The van der Waals surface area contributed by atoms with Crippen LogP contribution in [0, 0.1) is 17.8 Å². The largest absolute Gasteiger partial charge is 0.467 e. The Morgan fingerprint density at radius 2 is 1.79 bits per heavy atom. The Hall–Kier alpha value is -3.29. The van der Waals surface area contributed by atoms with Crippen LogP contribution < -0.4 is 10.1 Å². The number of nitrogens with one attached hydrogen (secondary N) is 1. The van der Waals surface area contributed by atoms with E-state index in [1.807, 2.05) is 23.1 Å². The average molecular weight is 450 g/mol. The maximum Gasteiger partial charge on any atom is 0.289 e. The van der Waals surface area contributed by atoms with Crippen molar-refractivity contribution in [2.75, 3.05) is 26.2 Å². The molecule has 1 spiro atoms. The summed E-state index contributed by atoms with van der Waals surface area (Å²) in [6, 6.07) is 10.7. The fraction of sp³-hybridized carbons (Fsp3) is 0.480. The molecule has 2 aliphatic heterocycles. The van der Waals surface area contributed by atoms with Crippen LogP contribution in [0.15, 0.2) is 47.1 Å². The minimum absolute atomic E-state index is 0.0561. The number of hydrogen-bond donors (Lipinski definition) is 1. The molecule has 3 aliphatic carbocycles. The van der Waals surface area contributed by atoms with Gasteiger partial charge in [-0.1, -0.05) is 12.1 Å². The Bertz CT molecular complexity index is 1090. The minimum Gasteiger partial charge on any atom is -0.467 e. The summed E-state index contributed by atoms with van der Waals surface area (Å²) in [7, 11) is 0. The lowest BCUT2D eigenvalue weighted by Gasteiger charge is -2.55. The van der Waals surface area contributed by atoms with Gasteiger partial charge in [0, 0.05) is 44.4 Å². The predicted molar refractivity (Wildman–Crippen MR) is 117 cm³/mol. The first kappa shape index (κ1) is 20.3. The molecule has 172 valence electrons. The van der Waals surface area contributed by atoms with Crippen molar-refractivity contribution in [2.24, 2.45) is 17.8 Å². The van der Waals surface area contributed by atoms with Crippen LogP contribution >= 0.6 is 0 Å². The lowest BCUT2D eigenvalue weighted by Crippen LogP contribution is -2.67. The molecule has 1 aromatic heterocycles. The third-order valence-electron chi connectivity index (χ3n) is 7.89. The second kappa shape index (κ2) is 7.64. The second-order valence-electron chi connectivity index (χ2n) is 9.62. The quantitative estimate of drug-likeness (QED) is 0.761. The van der Waals surface area contributed by atoms with E-state index in [1.54, 1.807) is 23.1 Å². The molecule has 3 amide bonds. The molecule has 8 heteroatoms. The standard InChI is InChI=1S/C25H27N3O5/c29-22-18-4-1-2-5-20(18)33-25(26-22)15-16-7-8-17(25)14-19(16)23(30)27-9-11-28(12-10-27)24(31)21-6-3-13-32-21/h1-6,13,16-17,19H,7-12,14-15H2,(H,26,29). The molecule has 0 radical (unpaired) electrons. The van der Waals surface area contributed by atoms with Crippen LogP contribution in [0.2, 0.25) is 0 Å². The van der Waals surface area contributed by atoms with Crippen LogP contribution in [-0.4, -0.2) is 59.4 Å². The number of ether oxygens (including phenoxy) is 1. The fourth-order valence-corrected chi connectivity index (χ4v) is 6.18. The topological polar surface area (TPSA) is 92.1 Å². The minimum atomic E-state index is -0.709. The molecule has 8 nitrogen and oxygen atoms in total. The van der Waals surface area contributed by atoms with Crippen molar-refractivity contribution < 1.29 is 23.5 Å². The highest BCUT2D eigenvalue weighted by atomic mass is 16.5. The Balaban J connectivity index is 1.12. The lowest BCUT2D eigenvalue weighted by molar-refractivity contribution is -0.156. The normalized spacial score (nSPS) is 30.5. The molecule has 2 bridgehead atoms. The average Bonchev–Trinajstić information content (AvgIpc) is 3.39. The van der Waals surface area contributed by atoms with E-state index in [4.69, 9.17) is 9.15 Å². The Morgan fingerprint density at radius 1 is 1.00 bits per heavy atom. The summed E-state index contributed by atoms with van der Waals surface area (Å²) in [6.07, 6.45) is 4.79. The summed E-state index contributed by atoms with van der Waals surface area (Å²) in [6.45, 7) is 2.08. The fourth-order valence-electron chi connectivity index (χ4n) is 6.18. The molecule has 1 N–H and O–H groups in total. The SMILES string of the molecule is O=C1NC2(CC3CCC2CC3C(=O)N2CCN(C(=O)c3ccco3)CC2)Oc2ccccc21. The zero-order valence-electron chi connectivity index (χ0n) is 18.4. The summed E-state index contributed by atoms with van der Waals surface area (Å²) in [5.74, 6) is 1.15. The number of nitrogens with zero attached hydrogens (tertiary/aromatic N) is 2. The van der Waals surface area contributed by atoms with Crippen LogP contribution in [0.1, 0.15) is 46.6 Å². The van der Waals surface area contributed by atoms with Gasteiger partial charge in [-0.25, -0.2) is 0 Å². The molecule has 4 fully saturated rings. The number of rotatable bonds is 2. The number of piperazine rings is 1. The molecular formula is C25H27N3O5. The van der Waals surface area contributed by atoms with Gasteiger partial charge < -0.3 is 24.3 Å². The van der Waals surface area contributed by atoms with E-state index in [-0.39, 0.29) is 35.5 Å². The molecule has 4 unspecified atom stereocenters. The summed E-state index contributed by atoms with van der Waals surface area (Å²) in [5.41, 5.74) is -0.140. The third kappa shape index (κ3) is 3.31. The molecule has 5 aliphatic rings. The van der Waals surface area contributed by atoms with Gasteiger partial charge in [-0.2, -0.15) is 0 Å². The van der Waals surface area contributed by atoms with E-state index in [0.29, 0.717) is 49.7 Å². The van der Waals surface area contributed by atoms with E-state index >= 15 is 0 Å². The van der Waals surface area contributed by atoms with E-state index in [9.17, 15) is 14.4 Å². The van der Waals surface area contributed by atoms with Crippen LogP contribution in [0.3, 0.4) is 0 Å². The lowest BCUT2D eigenvalue weighted by atomic mass is 9.59. The number of benzene rings is 1. The van der Waals surface area contributed by atoms with Crippen molar-refractivity contribution in [3.63, 3.8) is 0 Å². The van der Waals surface area contributed by atoms with Crippen molar-refractivity contribution in [2.45, 2.75) is 31.4 Å². The van der Waals surface area contributed by atoms with E-state index in [0.717, 1.165) is 19.3 Å². The second-order valence-corrected chi connectivity index (χ2v) is 9.62. The van der Waals surface area contributed by atoms with Gasteiger partial charge in [0.05, 0.1) is 11.8 Å². The molecule has 3 heterocycles. The van der Waals surface area contributed by atoms with Gasteiger partial charge in [-0.05, 0) is 49.4 Å². The summed E-state index contributed by atoms with van der Waals surface area (Å²) in [4.78, 5) is 42.4. The van der Waals surface area contributed by atoms with Gasteiger partial charge in [0.25, 0.3) is 11.8 Å². The van der Waals surface area contributed by atoms with Gasteiger partial charge >= 0.3 is 0 Å². The maximum atomic E-state index is 13.5. The van der Waals surface area contributed by atoms with Crippen molar-refractivity contribution in [3.05, 3.63) is 54.0 Å². The molecular weight excluding hydrogens is 422 g/mol. The van der Waals surface area contributed by atoms with Crippen LogP contribution in [0.5, 0.6) is 5.75 Å². The van der Waals surface area contributed by atoms with Crippen molar-refractivity contribution in [1.82, 2.24) is 15.1 Å².